The molecule has 0 aliphatic carbocycles. The maximum Gasteiger partial charge on any atom is 0.282 e. The van der Waals surface area contributed by atoms with Crippen molar-refractivity contribution in [1.82, 2.24) is 0 Å². The minimum absolute atomic E-state index is 0.00555. The Hall–Kier alpha value is -3.37. The number of anilines is 2. The summed E-state index contributed by atoms with van der Waals surface area (Å²) in [4.78, 5) is 29.8. The smallest absolute Gasteiger partial charge is 0.282 e. The molecule has 1 aliphatic rings. The summed E-state index contributed by atoms with van der Waals surface area (Å²) in [5, 5.41) is 9.03. The normalized spacial score (nSPS) is 14.0. The molecule has 31 heavy (non-hydrogen) atoms. The van der Waals surface area contributed by atoms with Gasteiger partial charge in [-0.1, -0.05) is 12.1 Å². The number of nitrogens with one attached hydrogen (secondary N) is 1. The number of carbonyl (C=O) groups excluding carboxylic acids is 2. The molecule has 0 spiro atoms. The topological polar surface area (TPSA) is 78.1 Å². The second-order valence-electron chi connectivity index (χ2n) is 7.64. The second-order valence-corrected chi connectivity index (χ2v) is 7.64. The van der Waals surface area contributed by atoms with Crippen LogP contribution < -0.4 is 19.4 Å². The molecule has 162 valence electrons. The van der Waals surface area contributed by atoms with E-state index < -0.39 is 0 Å². The predicted molar refractivity (Wildman–Crippen MR) is 120 cm³/mol. The van der Waals surface area contributed by atoms with Gasteiger partial charge in [0.25, 0.3) is 5.91 Å². The van der Waals surface area contributed by atoms with E-state index in [1.54, 1.807) is 18.9 Å². The molecule has 0 unspecified atom stereocenters. The maximum atomic E-state index is 13.1. The van der Waals surface area contributed by atoms with Gasteiger partial charge in [-0.05, 0) is 43.3 Å². The summed E-state index contributed by atoms with van der Waals surface area (Å²) in [5.41, 5.74) is 2.52. The van der Waals surface area contributed by atoms with Gasteiger partial charge in [-0.2, -0.15) is 5.26 Å². The van der Waals surface area contributed by atoms with Crippen LogP contribution in [0.4, 0.5) is 11.4 Å². The highest BCUT2D eigenvalue weighted by Crippen LogP contribution is 2.27. The van der Waals surface area contributed by atoms with Crippen molar-refractivity contribution in [3.8, 4) is 11.8 Å². The fourth-order valence-electron chi connectivity index (χ4n) is 3.87. The molecule has 1 N–H and O–H groups in total. The van der Waals surface area contributed by atoms with E-state index in [-0.39, 0.29) is 18.1 Å². The monoisotopic (exact) mass is 421 g/mol. The minimum Gasteiger partial charge on any atom is -0.495 e. The first-order chi connectivity index (χ1) is 15.0. The van der Waals surface area contributed by atoms with Crippen molar-refractivity contribution < 1.29 is 19.2 Å². The third-order valence-electron chi connectivity index (χ3n) is 5.63. The lowest BCUT2D eigenvalue weighted by atomic mass is 10.1. The van der Waals surface area contributed by atoms with Gasteiger partial charge in [-0.15, -0.1) is 0 Å². The van der Waals surface area contributed by atoms with Crippen molar-refractivity contribution in [2.45, 2.75) is 13.3 Å². The summed E-state index contributed by atoms with van der Waals surface area (Å²) < 4.78 is 5.42. The first-order valence-electron chi connectivity index (χ1n) is 10.5. The van der Waals surface area contributed by atoms with Gasteiger partial charge in [0, 0.05) is 17.8 Å². The van der Waals surface area contributed by atoms with Gasteiger partial charge in [0.1, 0.15) is 5.75 Å². The fourth-order valence-corrected chi connectivity index (χ4v) is 3.87. The molecule has 1 fully saturated rings. The number of nitriles is 1. The van der Waals surface area contributed by atoms with E-state index in [1.807, 2.05) is 48.5 Å². The van der Waals surface area contributed by atoms with E-state index in [0.717, 1.165) is 31.9 Å². The van der Waals surface area contributed by atoms with Crippen LogP contribution in [0.3, 0.4) is 0 Å². The first kappa shape index (κ1) is 22.3. The molecule has 2 aromatic rings. The Kier molecular flexibility index (Phi) is 7.63. The predicted octanol–water partition coefficient (Wildman–Crippen LogP) is 1.55. The lowest BCUT2D eigenvalue weighted by molar-refractivity contribution is -0.892. The van der Waals surface area contributed by atoms with Crippen LogP contribution in [0, 0.1) is 11.3 Å². The number of carbonyl (C=O) groups is 2. The van der Waals surface area contributed by atoms with E-state index in [1.165, 1.54) is 4.90 Å². The van der Waals surface area contributed by atoms with Crippen molar-refractivity contribution >= 4 is 23.1 Å². The zero-order valence-corrected chi connectivity index (χ0v) is 18.1. The summed E-state index contributed by atoms with van der Waals surface area (Å²) >= 11 is 0. The average Bonchev–Trinajstić information content (AvgIpc) is 2.80. The first-order valence-corrected chi connectivity index (χ1v) is 10.5. The van der Waals surface area contributed by atoms with Crippen LogP contribution in [0.5, 0.6) is 5.75 Å². The lowest BCUT2D eigenvalue weighted by Crippen LogP contribution is -3.16. The molecule has 2 aromatic carbocycles. The maximum absolute atomic E-state index is 13.1. The summed E-state index contributed by atoms with van der Waals surface area (Å²) in [6, 6.07) is 17.2. The highest BCUT2D eigenvalue weighted by atomic mass is 16.5. The largest absolute Gasteiger partial charge is 0.495 e. The van der Waals surface area contributed by atoms with E-state index in [4.69, 9.17) is 10.00 Å². The summed E-state index contributed by atoms with van der Waals surface area (Å²) in [6.45, 7) is 5.66. The molecule has 1 aliphatic heterocycles. The van der Waals surface area contributed by atoms with Crippen molar-refractivity contribution in [3.05, 3.63) is 54.1 Å². The Morgan fingerprint density at radius 3 is 2.42 bits per heavy atom. The van der Waals surface area contributed by atoms with Crippen LogP contribution in [0.25, 0.3) is 0 Å². The van der Waals surface area contributed by atoms with E-state index >= 15 is 0 Å². The van der Waals surface area contributed by atoms with Gasteiger partial charge < -0.3 is 19.4 Å². The van der Waals surface area contributed by atoms with Crippen molar-refractivity contribution in [3.63, 3.8) is 0 Å². The number of nitrogens with zero attached hydrogens (tertiary/aromatic N) is 3. The number of ketones is 1. The third kappa shape index (κ3) is 5.62. The standard InChI is InChI=1S/C24H28N4O3/c1-19(29)20-8-10-21(11-9-20)27-16-14-26(15-17-27)18-24(30)28(13-5-12-25)22-6-3-4-7-23(22)31-2/h3-4,6-11H,5,13-18H2,1-2H3/p+1. The lowest BCUT2D eigenvalue weighted by Gasteiger charge is -2.34. The highest BCUT2D eigenvalue weighted by Gasteiger charge is 2.26. The number of para-hydroxylation sites is 2. The highest BCUT2D eigenvalue weighted by molar-refractivity contribution is 5.95. The molecule has 0 atom stereocenters. The third-order valence-corrected chi connectivity index (χ3v) is 5.63. The van der Waals surface area contributed by atoms with E-state index in [0.29, 0.717) is 30.1 Å². The van der Waals surface area contributed by atoms with Gasteiger partial charge in [-0.25, -0.2) is 0 Å². The molecule has 1 heterocycles. The summed E-state index contributed by atoms with van der Waals surface area (Å²) in [7, 11) is 1.58. The Labute approximate surface area is 183 Å². The number of Topliss-reactive ketones (excluding diaryl/α,β-unsaturated/α-hetero) is 1. The Morgan fingerprint density at radius 2 is 1.81 bits per heavy atom. The number of ether oxygens (including phenoxy) is 1. The van der Waals surface area contributed by atoms with Crippen LogP contribution in [0.1, 0.15) is 23.7 Å². The van der Waals surface area contributed by atoms with Gasteiger partial charge in [0.2, 0.25) is 0 Å². The van der Waals surface area contributed by atoms with Gasteiger partial charge in [0.05, 0.1) is 51.5 Å². The number of hydrogen-bond acceptors (Lipinski definition) is 5. The quantitative estimate of drug-likeness (QED) is 0.655. The number of quaternary nitrogens is 1. The van der Waals surface area contributed by atoms with Gasteiger partial charge >= 0.3 is 0 Å². The average molecular weight is 422 g/mol. The molecule has 0 radical (unpaired) electrons. The van der Waals surface area contributed by atoms with Gasteiger partial charge in [0.15, 0.2) is 12.3 Å². The van der Waals surface area contributed by atoms with Crippen LogP contribution >= 0.6 is 0 Å². The number of methoxy groups -OCH3 is 1. The number of piperazine rings is 1. The molecule has 0 aromatic heterocycles. The number of amides is 1. The van der Waals surface area contributed by atoms with Gasteiger partial charge in [-0.3, -0.25) is 9.59 Å². The van der Waals surface area contributed by atoms with Crippen LogP contribution in [-0.2, 0) is 4.79 Å². The number of rotatable bonds is 8. The molecule has 0 saturated carbocycles. The minimum atomic E-state index is -0.00555. The molecule has 7 nitrogen and oxygen atoms in total. The Bertz CT molecular complexity index is 944. The molecule has 3 rings (SSSR count). The SMILES string of the molecule is COc1ccccc1N(CCC#N)C(=O)C[NH+]1CCN(c2ccc(C(C)=O)cc2)CC1. The summed E-state index contributed by atoms with van der Waals surface area (Å²) in [6.07, 6.45) is 0.267. The summed E-state index contributed by atoms with van der Waals surface area (Å²) in [5.74, 6) is 0.687. The zero-order valence-electron chi connectivity index (χ0n) is 18.1. The Balaban J connectivity index is 1.62. The van der Waals surface area contributed by atoms with Crippen molar-refractivity contribution in [2.24, 2.45) is 0 Å². The molecule has 1 amide bonds. The van der Waals surface area contributed by atoms with Crippen LogP contribution in [-0.4, -0.2) is 58.1 Å². The second kappa shape index (κ2) is 10.6. The van der Waals surface area contributed by atoms with Crippen molar-refractivity contribution in [1.29, 1.82) is 5.26 Å². The van der Waals surface area contributed by atoms with E-state index in [9.17, 15) is 9.59 Å². The van der Waals surface area contributed by atoms with Crippen LogP contribution in [0.2, 0.25) is 0 Å². The number of hydrogen-bond donors (Lipinski definition) is 1. The Morgan fingerprint density at radius 1 is 1.13 bits per heavy atom. The van der Waals surface area contributed by atoms with Crippen molar-refractivity contribution in [2.75, 3.05) is 56.2 Å². The number of benzene rings is 2. The molecule has 1 saturated heterocycles. The molecular weight excluding hydrogens is 392 g/mol. The molecule has 7 heteroatoms. The van der Waals surface area contributed by atoms with Crippen LogP contribution in [0.15, 0.2) is 48.5 Å². The van der Waals surface area contributed by atoms with E-state index in [2.05, 4.69) is 11.0 Å². The fraction of sp³-hybridized carbons (Fsp3) is 0.375. The zero-order chi connectivity index (χ0) is 22.2. The molecular formula is C24H29N4O3+. The molecule has 0 bridgehead atoms.